The Morgan fingerprint density at radius 2 is 1.88 bits per heavy atom. The van der Waals surface area contributed by atoms with E-state index >= 15 is 0 Å². The van der Waals surface area contributed by atoms with E-state index in [1.165, 1.54) is 0 Å². The van der Waals surface area contributed by atoms with Gasteiger partial charge in [0.15, 0.2) is 0 Å². The second-order valence-corrected chi connectivity index (χ2v) is 3.54. The summed E-state index contributed by atoms with van der Waals surface area (Å²) in [7, 11) is 1.55. The molecular weight excluding hydrogens is 244 g/mol. The van der Waals surface area contributed by atoms with Crippen LogP contribution >= 0.6 is 11.6 Å². The number of nitrogens with one attached hydrogen (secondary N) is 3. The molecule has 0 saturated heterocycles. The highest BCUT2D eigenvalue weighted by Gasteiger charge is 2.05. The molecule has 0 bridgehead atoms. The van der Waals surface area contributed by atoms with E-state index in [1.807, 2.05) is 6.92 Å². The van der Waals surface area contributed by atoms with Gasteiger partial charge in [-0.3, -0.25) is 4.79 Å². The van der Waals surface area contributed by atoms with E-state index in [2.05, 4.69) is 30.9 Å². The fraction of sp³-hybridized carbons (Fsp3) is 0.556. The zero-order valence-corrected chi connectivity index (χ0v) is 10.5. The molecule has 17 heavy (non-hydrogen) atoms. The van der Waals surface area contributed by atoms with E-state index in [0.29, 0.717) is 5.95 Å². The molecule has 1 aromatic heterocycles. The number of hydrogen-bond acceptors (Lipinski definition) is 6. The maximum Gasteiger partial charge on any atom is 0.239 e. The molecule has 1 rings (SSSR count). The van der Waals surface area contributed by atoms with Gasteiger partial charge in [0.05, 0.1) is 6.54 Å². The first-order chi connectivity index (χ1) is 8.15. The van der Waals surface area contributed by atoms with Gasteiger partial charge in [0.1, 0.15) is 0 Å². The van der Waals surface area contributed by atoms with Gasteiger partial charge in [-0.2, -0.15) is 15.0 Å². The molecule has 0 radical (unpaired) electrons. The minimum atomic E-state index is -0.162. The Bertz CT molecular complexity index is 386. The molecule has 0 atom stereocenters. The van der Waals surface area contributed by atoms with Crippen LogP contribution in [0, 0.1) is 0 Å². The number of anilines is 2. The number of hydrogen-bond donors (Lipinski definition) is 3. The molecule has 94 valence electrons. The van der Waals surface area contributed by atoms with Crippen LogP contribution in [0.15, 0.2) is 0 Å². The average Bonchev–Trinajstić information content (AvgIpc) is 2.32. The summed E-state index contributed by atoms with van der Waals surface area (Å²) < 4.78 is 0. The first-order valence-electron chi connectivity index (χ1n) is 5.25. The molecule has 0 aromatic carbocycles. The summed E-state index contributed by atoms with van der Waals surface area (Å²) in [6.45, 7) is 2.86. The van der Waals surface area contributed by atoms with Crippen LogP contribution in [0.1, 0.15) is 13.3 Å². The highest BCUT2D eigenvalue weighted by atomic mass is 35.5. The molecule has 0 aliphatic heterocycles. The lowest BCUT2D eigenvalue weighted by atomic mass is 10.5. The Hall–Kier alpha value is -1.63. The van der Waals surface area contributed by atoms with E-state index in [4.69, 9.17) is 11.6 Å². The minimum Gasteiger partial charge on any atom is -0.358 e. The number of amides is 1. The highest BCUT2D eigenvalue weighted by molar-refractivity contribution is 6.28. The maximum absolute atomic E-state index is 11.0. The van der Waals surface area contributed by atoms with Gasteiger partial charge in [0.25, 0.3) is 0 Å². The van der Waals surface area contributed by atoms with E-state index in [9.17, 15) is 4.79 Å². The first-order valence-corrected chi connectivity index (χ1v) is 5.63. The number of carbonyl (C=O) groups is 1. The summed E-state index contributed by atoms with van der Waals surface area (Å²) in [4.78, 5) is 22.9. The van der Waals surface area contributed by atoms with E-state index in [-0.39, 0.29) is 23.7 Å². The fourth-order valence-corrected chi connectivity index (χ4v) is 1.15. The number of nitrogens with zero attached hydrogens (tertiary/aromatic N) is 3. The Morgan fingerprint density at radius 1 is 1.24 bits per heavy atom. The van der Waals surface area contributed by atoms with Crippen LogP contribution in [0.3, 0.4) is 0 Å². The van der Waals surface area contributed by atoms with Gasteiger partial charge in [0, 0.05) is 13.6 Å². The van der Waals surface area contributed by atoms with E-state index < -0.39 is 0 Å². The van der Waals surface area contributed by atoms with Crippen molar-refractivity contribution in [1.29, 1.82) is 0 Å². The van der Waals surface area contributed by atoms with Gasteiger partial charge in [0.2, 0.25) is 23.1 Å². The molecule has 0 spiro atoms. The molecule has 0 aliphatic rings. The second-order valence-electron chi connectivity index (χ2n) is 3.21. The Morgan fingerprint density at radius 3 is 2.47 bits per heavy atom. The monoisotopic (exact) mass is 258 g/mol. The topological polar surface area (TPSA) is 91.8 Å². The molecular formula is C9H15ClN6O. The van der Waals surface area contributed by atoms with Crippen molar-refractivity contribution in [2.75, 3.05) is 30.8 Å². The standard InChI is InChI=1S/C9H15ClN6O/c1-3-4-12-8-14-7(10)15-9(16-8)13-5-6(17)11-2/h3-5H2,1-2H3,(H,11,17)(H2,12,13,14,15,16). The molecule has 3 N–H and O–H groups in total. The summed E-state index contributed by atoms with van der Waals surface area (Å²) in [5, 5.41) is 8.30. The largest absolute Gasteiger partial charge is 0.358 e. The van der Waals surface area contributed by atoms with Crippen LogP contribution in [0.5, 0.6) is 0 Å². The molecule has 1 amide bonds. The second kappa shape index (κ2) is 6.85. The van der Waals surface area contributed by atoms with Crippen molar-refractivity contribution >= 4 is 29.4 Å². The third-order valence-corrected chi connectivity index (χ3v) is 2.00. The SMILES string of the molecule is CCCNc1nc(Cl)nc(NCC(=O)NC)n1. The van der Waals surface area contributed by atoms with Gasteiger partial charge >= 0.3 is 0 Å². The molecule has 1 aromatic rings. The molecule has 7 nitrogen and oxygen atoms in total. The minimum absolute atomic E-state index is 0.0815. The number of halogens is 1. The van der Waals surface area contributed by atoms with Gasteiger partial charge < -0.3 is 16.0 Å². The molecule has 0 saturated carbocycles. The number of rotatable bonds is 6. The number of carbonyl (C=O) groups excluding carboxylic acids is 1. The molecule has 0 fully saturated rings. The Kier molecular flexibility index (Phi) is 5.41. The molecule has 0 aliphatic carbocycles. The third kappa shape index (κ3) is 4.81. The van der Waals surface area contributed by atoms with Gasteiger partial charge in [-0.25, -0.2) is 0 Å². The highest BCUT2D eigenvalue weighted by Crippen LogP contribution is 2.09. The van der Waals surface area contributed by atoms with Gasteiger partial charge in [-0.05, 0) is 18.0 Å². The van der Waals surface area contributed by atoms with Crippen molar-refractivity contribution in [1.82, 2.24) is 20.3 Å². The summed E-state index contributed by atoms with van der Waals surface area (Å²) >= 11 is 5.74. The van der Waals surface area contributed by atoms with Gasteiger partial charge in [-0.1, -0.05) is 6.92 Å². The van der Waals surface area contributed by atoms with Crippen molar-refractivity contribution in [2.24, 2.45) is 0 Å². The van der Waals surface area contributed by atoms with E-state index in [0.717, 1.165) is 13.0 Å². The summed E-state index contributed by atoms with van der Waals surface area (Å²) in [5.41, 5.74) is 0. The summed E-state index contributed by atoms with van der Waals surface area (Å²) in [5.74, 6) is 0.503. The zero-order valence-electron chi connectivity index (χ0n) is 9.75. The molecule has 1 heterocycles. The van der Waals surface area contributed by atoms with Crippen molar-refractivity contribution in [3.8, 4) is 0 Å². The van der Waals surface area contributed by atoms with Crippen LogP contribution < -0.4 is 16.0 Å². The number of likely N-dealkylation sites (N-methyl/N-ethyl adjacent to an activating group) is 1. The van der Waals surface area contributed by atoms with Crippen molar-refractivity contribution < 1.29 is 4.79 Å². The lowest BCUT2D eigenvalue weighted by Crippen LogP contribution is -2.27. The van der Waals surface area contributed by atoms with Crippen LogP contribution in [0.4, 0.5) is 11.9 Å². The predicted molar refractivity (Wildman–Crippen MR) is 66.2 cm³/mol. The Balaban J connectivity index is 2.65. The molecule has 8 heteroatoms. The Labute approximate surface area is 104 Å². The zero-order chi connectivity index (χ0) is 12.7. The van der Waals surface area contributed by atoms with Crippen LogP contribution in [0.25, 0.3) is 0 Å². The lowest BCUT2D eigenvalue weighted by Gasteiger charge is -2.07. The smallest absolute Gasteiger partial charge is 0.239 e. The molecule has 0 unspecified atom stereocenters. The van der Waals surface area contributed by atoms with Crippen molar-refractivity contribution in [2.45, 2.75) is 13.3 Å². The van der Waals surface area contributed by atoms with E-state index in [1.54, 1.807) is 7.05 Å². The van der Waals surface area contributed by atoms with Crippen LogP contribution in [-0.2, 0) is 4.79 Å². The van der Waals surface area contributed by atoms with Crippen molar-refractivity contribution in [3.05, 3.63) is 5.28 Å². The third-order valence-electron chi connectivity index (χ3n) is 1.83. The normalized spacial score (nSPS) is 9.82. The fourth-order valence-electron chi connectivity index (χ4n) is 0.993. The van der Waals surface area contributed by atoms with Gasteiger partial charge in [-0.15, -0.1) is 0 Å². The van der Waals surface area contributed by atoms with Crippen LogP contribution in [0.2, 0.25) is 5.28 Å². The lowest BCUT2D eigenvalue weighted by molar-refractivity contribution is -0.118. The predicted octanol–water partition coefficient (Wildman–Crippen LogP) is 0.505. The summed E-state index contributed by atoms with van der Waals surface area (Å²) in [6.07, 6.45) is 0.949. The average molecular weight is 259 g/mol. The number of aromatic nitrogens is 3. The van der Waals surface area contributed by atoms with Crippen molar-refractivity contribution in [3.63, 3.8) is 0 Å². The van der Waals surface area contributed by atoms with Crippen LogP contribution in [-0.4, -0.2) is 41.0 Å². The maximum atomic E-state index is 11.0. The quantitative estimate of drug-likeness (QED) is 0.688. The summed E-state index contributed by atoms with van der Waals surface area (Å²) in [6, 6.07) is 0. The first kappa shape index (κ1) is 13.4.